The molecule has 0 unspecified atom stereocenters. The predicted molar refractivity (Wildman–Crippen MR) is 85.2 cm³/mol. The van der Waals surface area contributed by atoms with Gasteiger partial charge < -0.3 is 25.3 Å². The fraction of sp³-hybridized carbons (Fsp3) is 0.200. The normalized spacial score (nSPS) is 10.1. The molecule has 0 radical (unpaired) electrons. The number of halogens is 1. The molecule has 0 aliphatic heterocycles. The van der Waals surface area contributed by atoms with E-state index in [4.69, 9.17) is 31.5 Å². The van der Waals surface area contributed by atoms with Crippen LogP contribution in [-0.2, 0) is 0 Å². The van der Waals surface area contributed by atoms with Crippen LogP contribution in [0, 0.1) is 0 Å². The van der Waals surface area contributed by atoms with Crippen molar-refractivity contribution in [3.63, 3.8) is 0 Å². The quantitative estimate of drug-likeness (QED) is 0.825. The van der Waals surface area contributed by atoms with Gasteiger partial charge in [0.2, 0.25) is 5.75 Å². The van der Waals surface area contributed by atoms with Gasteiger partial charge in [0, 0.05) is 17.8 Å². The van der Waals surface area contributed by atoms with Crippen molar-refractivity contribution in [2.75, 3.05) is 32.4 Å². The van der Waals surface area contributed by atoms with Gasteiger partial charge in [0.25, 0.3) is 0 Å². The van der Waals surface area contributed by atoms with E-state index in [1.54, 1.807) is 51.7 Å². The number of hydrogen-bond acceptors (Lipinski definition) is 5. The zero-order chi connectivity index (χ0) is 15.4. The van der Waals surface area contributed by atoms with Crippen molar-refractivity contribution < 1.29 is 14.2 Å². The number of ether oxygens (including phenoxy) is 3. The Labute approximate surface area is 128 Å². The molecule has 112 valence electrons. The Morgan fingerprint density at radius 2 is 1.62 bits per heavy atom. The van der Waals surface area contributed by atoms with Crippen molar-refractivity contribution in [1.29, 1.82) is 0 Å². The zero-order valence-corrected chi connectivity index (χ0v) is 12.8. The van der Waals surface area contributed by atoms with Gasteiger partial charge in [-0.05, 0) is 12.1 Å². The van der Waals surface area contributed by atoms with Crippen LogP contribution in [0.15, 0.2) is 30.3 Å². The zero-order valence-electron chi connectivity index (χ0n) is 12.1. The third kappa shape index (κ3) is 3.08. The summed E-state index contributed by atoms with van der Waals surface area (Å²) in [5, 5.41) is 3.70. The fourth-order valence-electron chi connectivity index (χ4n) is 1.97. The van der Waals surface area contributed by atoms with Crippen LogP contribution in [0.5, 0.6) is 17.2 Å². The topological polar surface area (TPSA) is 65.7 Å². The Kier molecular flexibility index (Phi) is 4.65. The Morgan fingerprint density at radius 3 is 2.10 bits per heavy atom. The molecule has 3 N–H and O–H groups in total. The molecule has 2 rings (SSSR count). The summed E-state index contributed by atoms with van der Waals surface area (Å²) in [4.78, 5) is 0. The second-order valence-electron chi connectivity index (χ2n) is 4.24. The smallest absolute Gasteiger partial charge is 0.203 e. The molecule has 0 aliphatic rings. The van der Waals surface area contributed by atoms with Crippen molar-refractivity contribution >= 4 is 28.7 Å². The lowest BCUT2D eigenvalue weighted by Crippen LogP contribution is -2.00. The molecule has 0 bridgehead atoms. The number of benzene rings is 2. The van der Waals surface area contributed by atoms with Crippen LogP contribution in [0.4, 0.5) is 17.1 Å². The lowest BCUT2D eigenvalue weighted by atomic mass is 10.2. The van der Waals surface area contributed by atoms with Crippen LogP contribution in [0.3, 0.4) is 0 Å². The first-order chi connectivity index (χ1) is 10.1. The summed E-state index contributed by atoms with van der Waals surface area (Å²) in [6, 6.07) is 8.89. The molecule has 0 fully saturated rings. The largest absolute Gasteiger partial charge is 0.493 e. The Hall–Kier alpha value is -2.27. The summed E-state index contributed by atoms with van der Waals surface area (Å²) in [6.07, 6.45) is 0. The minimum Gasteiger partial charge on any atom is -0.493 e. The molecule has 0 spiro atoms. The van der Waals surface area contributed by atoms with Crippen molar-refractivity contribution in [1.82, 2.24) is 0 Å². The maximum Gasteiger partial charge on any atom is 0.203 e. The van der Waals surface area contributed by atoms with Crippen LogP contribution >= 0.6 is 11.6 Å². The average Bonchev–Trinajstić information content (AvgIpc) is 2.49. The molecule has 2 aromatic carbocycles. The van der Waals surface area contributed by atoms with Crippen LogP contribution in [-0.4, -0.2) is 21.3 Å². The molecule has 0 aliphatic carbocycles. The molecule has 2 aromatic rings. The van der Waals surface area contributed by atoms with Crippen LogP contribution in [0.1, 0.15) is 0 Å². The second kappa shape index (κ2) is 6.45. The van der Waals surface area contributed by atoms with Gasteiger partial charge in [0.15, 0.2) is 11.5 Å². The molecule has 0 amide bonds. The predicted octanol–water partition coefficient (Wildman–Crippen LogP) is 3.69. The second-order valence-corrected chi connectivity index (χ2v) is 4.65. The number of nitrogen functional groups attached to an aromatic ring is 1. The molecular formula is C15H17ClN2O3. The lowest BCUT2D eigenvalue weighted by molar-refractivity contribution is 0.324. The van der Waals surface area contributed by atoms with E-state index in [1.165, 1.54) is 0 Å². The van der Waals surface area contributed by atoms with Gasteiger partial charge in [-0.1, -0.05) is 17.7 Å². The average molecular weight is 309 g/mol. The number of nitrogens with one attached hydrogen (secondary N) is 1. The minimum atomic E-state index is 0.526. The molecule has 0 saturated heterocycles. The maximum atomic E-state index is 6.16. The lowest BCUT2D eigenvalue weighted by Gasteiger charge is -2.16. The number of rotatable bonds is 5. The minimum absolute atomic E-state index is 0.526. The van der Waals surface area contributed by atoms with Gasteiger partial charge in [-0.15, -0.1) is 0 Å². The highest BCUT2D eigenvalue weighted by Gasteiger charge is 2.14. The molecule has 0 saturated carbocycles. The van der Waals surface area contributed by atoms with Crippen LogP contribution in [0.25, 0.3) is 0 Å². The van der Waals surface area contributed by atoms with E-state index >= 15 is 0 Å². The highest BCUT2D eigenvalue weighted by Crippen LogP contribution is 2.41. The first-order valence-electron chi connectivity index (χ1n) is 6.21. The van der Waals surface area contributed by atoms with Gasteiger partial charge in [-0.2, -0.15) is 0 Å². The molecule has 5 nitrogen and oxygen atoms in total. The van der Waals surface area contributed by atoms with Gasteiger partial charge in [-0.3, -0.25) is 0 Å². The Balaban J connectivity index is 2.45. The summed E-state index contributed by atoms with van der Waals surface area (Å²) in [5.41, 5.74) is 7.84. The maximum absolute atomic E-state index is 6.16. The Morgan fingerprint density at radius 1 is 1.00 bits per heavy atom. The van der Waals surface area contributed by atoms with Crippen molar-refractivity contribution in [2.24, 2.45) is 0 Å². The van der Waals surface area contributed by atoms with E-state index in [9.17, 15) is 0 Å². The molecule has 6 heteroatoms. The SMILES string of the molecule is COc1cc(Nc2c(N)cccc2Cl)cc(OC)c1OC. The third-order valence-electron chi connectivity index (χ3n) is 2.98. The highest BCUT2D eigenvalue weighted by atomic mass is 35.5. The fourth-order valence-corrected chi connectivity index (χ4v) is 2.20. The summed E-state index contributed by atoms with van der Waals surface area (Å²) in [5.74, 6) is 1.62. The summed E-state index contributed by atoms with van der Waals surface area (Å²) in [7, 11) is 4.68. The summed E-state index contributed by atoms with van der Waals surface area (Å²) >= 11 is 6.16. The molecule has 0 atom stereocenters. The van der Waals surface area contributed by atoms with Gasteiger partial charge in [-0.25, -0.2) is 0 Å². The van der Waals surface area contributed by atoms with Crippen molar-refractivity contribution in [3.05, 3.63) is 35.4 Å². The first-order valence-corrected chi connectivity index (χ1v) is 6.59. The van der Waals surface area contributed by atoms with E-state index in [2.05, 4.69) is 5.32 Å². The van der Waals surface area contributed by atoms with Gasteiger partial charge in [0.05, 0.1) is 37.7 Å². The summed E-state index contributed by atoms with van der Waals surface area (Å²) < 4.78 is 15.9. The number of anilines is 3. The number of hydrogen-bond donors (Lipinski definition) is 2. The van der Waals surface area contributed by atoms with Gasteiger partial charge >= 0.3 is 0 Å². The van der Waals surface area contributed by atoms with Gasteiger partial charge in [0.1, 0.15) is 0 Å². The molecule has 0 heterocycles. The van der Waals surface area contributed by atoms with E-state index in [1.807, 2.05) is 0 Å². The molecule has 0 aromatic heterocycles. The number of methoxy groups -OCH3 is 3. The van der Waals surface area contributed by atoms with E-state index in [0.717, 1.165) is 5.69 Å². The molecular weight excluding hydrogens is 292 g/mol. The van der Waals surface area contributed by atoms with Crippen molar-refractivity contribution in [3.8, 4) is 17.2 Å². The molecule has 21 heavy (non-hydrogen) atoms. The Bertz CT molecular complexity index is 602. The highest BCUT2D eigenvalue weighted by molar-refractivity contribution is 6.34. The first kappa shape index (κ1) is 15.1. The third-order valence-corrected chi connectivity index (χ3v) is 3.29. The van der Waals surface area contributed by atoms with Crippen LogP contribution < -0.4 is 25.3 Å². The summed E-state index contributed by atoms with van der Waals surface area (Å²) in [6.45, 7) is 0. The number of nitrogens with two attached hydrogens (primary N) is 1. The number of para-hydroxylation sites is 1. The monoisotopic (exact) mass is 308 g/mol. The van der Waals surface area contributed by atoms with E-state index < -0.39 is 0 Å². The van der Waals surface area contributed by atoms with E-state index in [0.29, 0.717) is 33.6 Å². The van der Waals surface area contributed by atoms with Crippen molar-refractivity contribution in [2.45, 2.75) is 0 Å². The van der Waals surface area contributed by atoms with E-state index in [-0.39, 0.29) is 0 Å². The van der Waals surface area contributed by atoms with Crippen LogP contribution in [0.2, 0.25) is 5.02 Å². The standard InChI is InChI=1S/C15H17ClN2O3/c1-19-12-7-9(8-13(20-2)15(12)21-3)18-14-10(16)5-4-6-11(14)17/h4-8,18H,17H2,1-3H3.